The number of aliphatic imine (C=N–C) groups is 1. The summed E-state index contributed by atoms with van der Waals surface area (Å²) in [6.45, 7) is 5.00. The van der Waals surface area contributed by atoms with Crippen molar-refractivity contribution in [2.45, 2.75) is 26.4 Å². The minimum absolute atomic E-state index is 0. The smallest absolute Gasteiger partial charge is 0.231 e. The van der Waals surface area contributed by atoms with Crippen LogP contribution in [0.25, 0.3) is 0 Å². The van der Waals surface area contributed by atoms with Crippen LogP contribution in [0.3, 0.4) is 0 Å². The normalized spacial score (nSPS) is 12.3. The van der Waals surface area contributed by atoms with Crippen molar-refractivity contribution >= 4 is 35.6 Å². The van der Waals surface area contributed by atoms with Gasteiger partial charge in [0.1, 0.15) is 5.82 Å². The highest BCUT2D eigenvalue weighted by atomic mass is 127. The average Bonchev–Trinajstić information content (AvgIpc) is 3.44. The molecule has 9 nitrogen and oxygen atoms in total. The van der Waals surface area contributed by atoms with Gasteiger partial charge in [-0.05, 0) is 43.2 Å². The molecule has 0 fully saturated rings. The summed E-state index contributed by atoms with van der Waals surface area (Å²) in [4.78, 5) is 7.02. The predicted octanol–water partition coefficient (Wildman–Crippen LogP) is 3.23. The lowest BCUT2D eigenvalue weighted by Gasteiger charge is -2.19. The standard InChI is InChI=1S/C24H31N7O2.HI/c1-18-28-29-23(31(18)3)16-27-24(25-12-7-13-30(2)20-8-5-4-6-9-20)26-15-19-10-11-21-22(14-19)33-17-32-21;/h4-6,8-11,14H,7,12-13,15-17H2,1-3H3,(H2,25,26,27);1H. The van der Waals surface area contributed by atoms with Gasteiger partial charge in [-0.15, -0.1) is 34.2 Å². The number of benzene rings is 2. The first-order chi connectivity index (χ1) is 16.1. The molecule has 1 aliphatic rings. The number of hydrogen-bond acceptors (Lipinski definition) is 6. The summed E-state index contributed by atoms with van der Waals surface area (Å²) in [5.74, 6) is 4.01. The molecule has 1 aliphatic heterocycles. The number of halogens is 1. The van der Waals surface area contributed by atoms with Crippen molar-refractivity contribution in [3.8, 4) is 11.5 Å². The van der Waals surface area contributed by atoms with E-state index in [9.17, 15) is 0 Å². The topological polar surface area (TPSA) is 88.8 Å². The van der Waals surface area contributed by atoms with Gasteiger partial charge in [-0.25, -0.2) is 4.99 Å². The summed E-state index contributed by atoms with van der Waals surface area (Å²) in [7, 11) is 4.07. The average molecular weight is 577 g/mol. The van der Waals surface area contributed by atoms with Gasteiger partial charge in [0, 0.05) is 32.9 Å². The number of nitrogens with one attached hydrogen (secondary N) is 2. The summed E-state index contributed by atoms with van der Waals surface area (Å²) in [5, 5.41) is 15.2. The predicted molar refractivity (Wildman–Crippen MR) is 144 cm³/mol. The number of aromatic nitrogens is 3. The molecular weight excluding hydrogens is 545 g/mol. The monoisotopic (exact) mass is 577 g/mol. The Balaban J connectivity index is 0.00000324. The van der Waals surface area contributed by atoms with E-state index in [2.05, 4.69) is 57.0 Å². The molecule has 4 rings (SSSR count). The first kappa shape index (κ1) is 25.6. The van der Waals surface area contributed by atoms with Gasteiger partial charge >= 0.3 is 0 Å². The zero-order valence-electron chi connectivity index (χ0n) is 19.8. The van der Waals surface area contributed by atoms with Gasteiger partial charge < -0.3 is 29.6 Å². The summed E-state index contributed by atoms with van der Waals surface area (Å²) in [5.41, 5.74) is 2.27. The highest BCUT2D eigenvalue weighted by Gasteiger charge is 2.13. The molecule has 3 aromatic rings. The third-order valence-corrected chi connectivity index (χ3v) is 5.61. The van der Waals surface area contributed by atoms with E-state index in [1.807, 2.05) is 42.8 Å². The van der Waals surface area contributed by atoms with Gasteiger partial charge in [0.05, 0.1) is 13.1 Å². The van der Waals surface area contributed by atoms with Crippen molar-refractivity contribution in [2.75, 3.05) is 31.8 Å². The van der Waals surface area contributed by atoms with Gasteiger partial charge in [-0.3, -0.25) is 0 Å². The fourth-order valence-corrected chi connectivity index (χ4v) is 3.49. The maximum atomic E-state index is 5.48. The zero-order valence-corrected chi connectivity index (χ0v) is 22.2. The minimum atomic E-state index is 0. The number of hydrogen-bond donors (Lipinski definition) is 2. The number of aryl methyl sites for hydroxylation is 1. The molecule has 2 N–H and O–H groups in total. The lowest BCUT2D eigenvalue weighted by atomic mass is 10.2. The van der Waals surface area contributed by atoms with Crippen LogP contribution in [-0.2, 0) is 20.1 Å². The lowest BCUT2D eigenvalue weighted by molar-refractivity contribution is 0.174. The Morgan fingerprint density at radius 1 is 1.09 bits per heavy atom. The Hall–Kier alpha value is -3.02. The van der Waals surface area contributed by atoms with E-state index in [-0.39, 0.29) is 30.8 Å². The van der Waals surface area contributed by atoms with E-state index in [0.29, 0.717) is 13.1 Å². The van der Waals surface area contributed by atoms with Crippen LogP contribution < -0.4 is 25.0 Å². The molecule has 1 aromatic heterocycles. The van der Waals surface area contributed by atoms with E-state index >= 15 is 0 Å². The van der Waals surface area contributed by atoms with Crippen molar-refractivity contribution < 1.29 is 9.47 Å². The molecule has 0 saturated heterocycles. The summed E-state index contributed by atoms with van der Waals surface area (Å²) in [6.07, 6.45) is 0.971. The number of anilines is 1. The summed E-state index contributed by atoms with van der Waals surface area (Å²) < 4.78 is 12.8. The molecular formula is C24H32IN7O2. The molecule has 0 radical (unpaired) electrons. The number of nitrogens with zero attached hydrogens (tertiary/aromatic N) is 5. The highest BCUT2D eigenvalue weighted by molar-refractivity contribution is 14.0. The van der Waals surface area contributed by atoms with Gasteiger partial charge in [0.15, 0.2) is 23.3 Å². The Bertz CT molecular complexity index is 1090. The number of para-hydroxylation sites is 1. The molecule has 2 heterocycles. The quantitative estimate of drug-likeness (QED) is 0.175. The van der Waals surface area contributed by atoms with Crippen molar-refractivity contribution in [1.29, 1.82) is 0 Å². The van der Waals surface area contributed by atoms with Crippen molar-refractivity contribution in [2.24, 2.45) is 12.0 Å². The van der Waals surface area contributed by atoms with Crippen molar-refractivity contribution in [3.63, 3.8) is 0 Å². The molecule has 34 heavy (non-hydrogen) atoms. The fourth-order valence-electron chi connectivity index (χ4n) is 3.49. The Morgan fingerprint density at radius 2 is 1.88 bits per heavy atom. The molecule has 0 atom stereocenters. The van der Waals surface area contributed by atoms with Crippen LogP contribution in [-0.4, -0.2) is 47.7 Å². The number of fused-ring (bicyclic) bond motifs is 1. The van der Waals surface area contributed by atoms with Gasteiger partial charge in [0.25, 0.3) is 0 Å². The van der Waals surface area contributed by atoms with Gasteiger partial charge in [-0.2, -0.15) is 0 Å². The molecule has 0 saturated carbocycles. The minimum Gasteiger partial charge on any atom is -0.454 e. The SMILES string of the molecule is Cc1nnc(CNC(=NCc2ccc3c(c2)OCO3)NCCCN(C)c2ccccc2)n1C.I. The molecule has 182 valence electrons. The Kier molecular flexibility index (Phi) is 9.37. The molecule has 2 aromatic carbocycles. The third kappa shape index (κ3) is 6.75. The van der Waals surface area contributed by atoms with Crippen molar-refractivity contribution in [1.82, 2.24) is 25.4 Å². The molecule has 0 unspecified atom stereocenters. The second-order valence-corrected chi connectivity index (χ2v) is 7.97. The highest BCUT2D eigenvalue weighted by Crippen LogP contribution is 2.32. The van der Waals surface area contributed by atoms with Crippen LogP contribution in [0.2, 0.25) is 0 Å². The molecule has 0 aliphatic carbocycles. The number of guanidine groups is 1. The first-order valence-corrected chi connectivity index (χ1v) is 11.1. The fraction of sp³-hybridized carbons (Fsp3) is 0.375. The second-order valence-electron chi connectivity index (χ2n) is 7.97. The molecule has 10 heteroatoms. The zero-order chi connectivity index (χ0) is 23.0. The van der Waals surface area contributed by atoms with Crippen LogP contribution in [0.1, 0.15) is 23.6 Å². The van der Waals surface area contributed by atoms with Crippen molar-refractivity contribution in [3.05, 3.63) is 65.7 Å². The maximum Gasteiger partial charge on any atom is 0.231 e. The Labute approximate surface area is 217 Å². The van der Waals surface area contributed by atoms with Crippen LogP contribution in [0.4, 0.5) is 5.69 Å². The number of rotatable bonds is 9. The van der Waals surface area contributed by atoms with Crippen LogP contribution in [0, 0.1) is 6.92 Å². The lowest BCUT2D eigenvalue weighted by Crippen LogP contribution is -2.39. The third-order valence-electron chi connectivity index (χ3n) is 5.61. The van der Waals surface area contributed by atoms with Crippen LogP contribution in [0.5, 0.6) is 11.5 Å². The Morgan fingerprint density at radius 3 is 2.65 bits per heavy atom. The van der Waals surface area contributed by atoms with Crippen LogP contribution in [0.15, 0.2) is 53.5 Å². The molecule has 0 amide bonds. The largest absolute Gasteiger partial charge is 0.454 e. The van der Waals surface area contributed by atoms with E-state index in [1.165, 1.54) is 5.69 Å². The van der Waals surface area contributed by atoms with Gasteiger partial charge in [0.2, 0.25) is 6.79 Å². The van der Waals surface area contributed by atoms with E-state index in [1.54, 1.807) is 0 Å². The number of ether oxygens (including phenoxy) is 2. The molecule has 0 bridgehead atoms. The summed E-state index contributed by atoms with van der Waals surface area (Å²) in [6, 6.07) is 16.3. The van der Waals surface area contributed by atoms with E-state index in [4.69, 9.17) is 14.5 Å². The van der Waals surface area contributed by atoms with Crippen LogP contribution >= 0.6 is 24.0 Å². The van der Waals surface area contributed by atoms with E-state index in [0.717, 1.165) is 54.2 Å². The molecule has 0 spiro atoms. The van der Waals surface area contributed by atoms with Gasteiger partial charge in [-0.1, -0.05) is 24.3 Å². The summed E-state index contributed by atoms with van der Waals surface area (Å²) >= 11 is 0. The van der Waals surface area contributed by atoms with E-state index < -0.39 is 0 Å². The maximum absolute atomic E-state index is 5.48. The first-order valence-electron chi connectivity index (χ1n) is 11.1. The second kappa shape index (κ2) is 12.4.